The van der Waals surface area contributed by atoms with E-state index in [9.17, 15) is 4.79 Å². The minimum Gasteiger partial charge on any atom is -0.332 e. The van der Waals surface area contributed by atoms with Crippen LogP contribution >= 0.6 is 11.3 Å². The Morgan fingerprint density at radius 3 is 3.11 bits per heavy atom. The molecule has 0 bridgehead atoms. The van der Waals surface area contributed by atoms with Crippen LogP contribution in [0.1, 0.15) is 34.3 Å². The molecule has 2 N–H and O–H groups in total. The van der Waals surface area contributed by atoms with Gasteiger partial charge in [-0.25, -0.2) is 9.97 Å². The maximum atomic E-state index is 12.4. The van der Waals surface area contributed by atoms with E-state index < -0.39 is 0 Å². The van der Waals surface area contributed by atoms with Gasteiger partial charge in [-0.2, -0.15) is 0 Å². The number of hydrogen-bond donors (Lipinski definition) is 1. The molecule has 1 aliphatic rings. The van der Waals surface area contributed by atoms with Crippen molar-refractivity contribution in [2.24, 2.45) is 5.73 Å². The first-order valence-electron chi connectivity index (χ1n) is 6.15. The summed E-state index contributed by atoms with van der Waals surface area (Å²) in [4.78, 5) is 22.7. The molecule has 6 nitrogen and oxygen atoms in total. The molecule has 1 unspecified atom stereocenters. The lowest BCUT2D eigenvalue weighted by Crippen LogP contribution is -2.38. The van der Waals surface area contributed by atoms with Crippen molar-refractivity contribution in [3.8, 4) is 0 Å². The molecule has 100 valence electrons. The number of hydrogen-bond acceptors (Lipinski definition) is 5. The number of carbonyl (C=O) groups excluding carboxylic acids is 1. The molecule has 2 aromatic heterocycles. The maximum Gasteiger partial charge on any atom is 0.273 e. The molecule has 3 rings (SSSR count). The second-order valence-electron chi connectivity index (χ2n) is 4.62. The van der Waals surface area contributed by atoms with Gasteiger partial charge < -0.3 is 15.2 Å². The zero-order valence-corrected chi connectivity index (χ0v) is 11.4. The van der Waals surface area contributed by atoms with E-state index in [-0.39, 0.29) is 11.9 Å². The molecule has 0 aliphatic carbocycles. The molecule has 1 amide bonds. The van der Waals surface area contributed by atoms with Gasteiger partial charge in [0.15, 0.2) is 0 Å². The zero-order valence-electron chi connectivity index (χ0n) is 10.6. The molecular formula is C12H15N5OS. The Labute approximate surface area is 114 Å². The largest absolute Gasteiger partial charge is 0.332 e. The fraction of sp³-hybridized carbons (Fsp3) is 0.417. The highest BCUT2D eigenvalue weighted by Crippen LogP contribution is 2.19. The Hall–Kier alpha value is -1.73. The Morgan fingerprint density at radius 2 is 2.37 bits per heavy atom. The van der Waals surface area contributed by atoms with Crippen LogP contribution in [0.2, 0.25) is 0 Å². The fourth-order valence-electron chi connectivity index (χ4n) is 2.10. The van der Waals surface area contributed by atoms with Gasteiger partial charge in [-0.1, -0.05) is 0 Å². The standard InChI is InChI=1S/C12H15N5OS/c1-8(13)11-15-9(7-19-11)12(18)17-5-4-16-3-2-14-10(16)6-17/h2-3,7-8H,4-6,13H2,1H3. The second kappa shape index (κ2) is 4.75. The topological polar surface area (TPSA) is 77.0 Å². The van der Waals surface area contributed by atoms with Crippen LogP contribution in [0.5, 0.6) is 0 Å². The van der Waals surface area contributed by atoms with E-state index in [1.54, 1.807) is 16.5 Å². The quantitative estimate of drug-likeness (QED) is 0.889. The first-order chi connectivity index (χ1) is 9.15. The lowest BCUT2D eigenvalue weighted by Gasteiger charge is -2.27. The van der Waals surface area contributed by atoms with Crippen LogP contribution < -0.4 is 5.73 Å². The molecular weight excluding hydrogens is 262 g/mol. The molecule has 0 aromatic carbocycles. The minimum absolute atomic E-state index is 0.0441. The third-order valence-electron chi connectivity index (χ3n) is 3.16. The number of carbonyl (C=O) groups is 1. The van der Waals surface area contributed by atoms with E-state index in [0.717, 1.165) is 17.4 Å². The molecule has 19 heavy (non-hydrogen) atoms. The van der Waals surface area contributed by atoms with Gasteiger partial charge in [0.25, 0.3) is 5.91 Å². The monoisotopic (exact) mass is 277 g/mol. The summed E-state index contributed by atoms with van der Waals surface area (Å²) in [7, 11) is 0. The summed E-state index contributed by atoms with van der Waals surface area (Å²) in [6, 6.07) is -0.133. The SMILES string of the molecule is CC(N)c1nc(C(=O)N2CCn3ccnc3C2)cs1. The van der Waals surface area contributed by atoms with Gasteiger partial charge in [0.2, 0.25) is 0 Å². The predicted molar refractivity (Wildman–Crippen MR) is 71.7 cm³/mol. The third kappa shape index (κ3) is 2.26. The van der Waals surface area contributed by atoms with Crippen molar-refractivity contribution >= 4 is 17.2 Å². The fourth-order valence-corrected chi connectivity index (χ4v) is 2.86. The van der Waals surface area contributed by atoms with E-state index >= 15 is 0 Å². The van der Waals surface area contributed by atoms with Crippen molar-refractivity contribution in [3.63, 3.8) is 0 Å². The van der Waals surface area contributed by atoms with Crippen LogP contribution in [-0.4, -0.2) is 31.9 Å². The molecule has 1 aliphatic heterocycles. The predicted octanol–water partition coefficient (Wildman–Crippen LogP) is 1.02. The molecule has 0 saturated heterocycles. The van der Waals surface area contributed by atoms with Gasteiger partial charge >= 0.3 is 0 Å². The van der Waals surface area contributed by atoms with Crippen molar-refractivity contribution in [1.82, 2.24) is 19.4 Å². The van der Waals surface area contributed by atoms with Gasteiger partial charge in [0.05, 0.1) is 12.6 Å². The highest BCUT2D eigenvalue weighted by Gasteiger charge is 2.24. The number of aromatic nitrogens is 3. The van der Waals surface area contributed by atoms with Crippen molar-refractivity contribution in [2.45, 2.75) is 26.1 Å². The number of fused-ring (bicyclic) bond motifs is 1. The first-order valence-corrected chi connectivity index (χ1v) is 7.03. The summed E-state index contributed by atoms with van der Waals surface area (Å²) in [6.45, 7) is 3.88. The van der Waals surface area contributed by atoms with E-state index in [4.69, 9.17) is 5.73 Å². The van der Waals surface area contributed by atoms with Crippen molar-refractivity contribution in [2.75, 3.05) is 6.54 Å². The van der Waals surface area contributed by atoms with E-state index in [0.29, 0.717) is 18.8 Å². The summed E-state index contributed by atoms with van der Waals surface area (Å²) in [6.07, 6.45) is 3.70. The smallest absolute Gasteiger partial charge is 0.273 e. The molecule has 2 aromatic rings. The maximum absolute atomic E-state index is 12.4. The number of nitrogens with zero attached hydrogens (tertiary/aromatic N) is 4. The summed E-state index contributed by atoms with van der Waals surface area (Å²) in [5.41, 5.74) is 6.25. The molecule has 0 fully saturated rings. The highest BCUT2D eigenvalue weighted by molar-refractivity contribution is 7.09. The number of amides is 1. The Morgan fingerprint density at radius 1 is 1.53 bits per heavy atom. The molecule has 1 atom stereocenters. The second-order valence-corrected chi connectivity index (χ2v) is 5.51. The van der Waals surface area contributed by atoms with Crippen LogP contribution in [0, 0.1) is 0 Å². The Balaban J connectivity index is 1.77. The summed E-state index contributed by atoms with van der Waals surface area (Å²) < 4.78 is 2.07. The van der Waals surface area contributed by atoms with E-state index in [1.165, 1.54) is 11.3 Å². The number of nitrogens with two attached hydrogens (primary N) is 1. The van der Waals surface area contributed by atoms with Crippen molar-refractivity contribution < 1.29 is 4.79 Å². The lowest BCUT2D eigenvalue weighted by molar-refractivity contribution is 0.0702. The number of thiazole rings is 1. The highest BCUT2D eigenvalue weighted by atomic mass is 32.1. The first kappa shape index (κ1) is 12.3. The summed E-state index contributed by atoms with van der Waals surface area (Å²) >= 11 is 1.43. The Kier molecular flexibility index (Phi) is 3.08. The molecule has 0 spiro atoms. The average Bonchev–Trinajstić information content (AvgIpc) is 3.06. The minimum atomic E-state index is -0.133. The van der Waals surface area contributed by atoms with Crippen LogP contribution in [0.4, 0.5) is 0 Å². The van der Waals surface area contributed by atoms with Crippen LogP contribution in [-0.2, 0) is 13.1 Å². The zero-order chi connectivity index (χ0) is 13.4. The molecule has 7 heteroatoms. The summed E-state index contributed by atoms with van der Waals surface area (Å²) in [5, 5.41) is 2.57. The number of rotatable bonds is 2. The van der Waals surface area contributed by atoms with Crippen LogP contribution in [0.3, 0.4) is 0 Å². The third-order valence-corrected chi connectivity index (χ3v) is 4.21. The number of imidazole rings is 1. The van der Waals surface area contributed by atoms with Gasteiger partial charge in [-0.15, -0.1) is 11.3 Å². The average molecular weight is 277 g/mol. The molecule has 0 radical (unpaired) electrons. The van der Waals surface area contributed by atoms with E-state index in [2.05, 4.69) is 14.5 Å². The lowest BCUT2D eigenvalue weighted by atomic mass is 10.3. The van der Waals surface area contributed by atoms with Gasteiger partial charge in [-0.05, 0) is 6.92 Å². The van der Waals surface area contributed by atoms with Gasteiger partial charge in [0.1, 0.15) is 16.5 Å². The van der Waals surface area contributed by atoms with Crippen LogP contribution in [0.15, 0.2) is 17.8 Å². The van der Waals surface area contributed by atoms with Crippen LogP contribution in [0.25, 0.3) is 0 Å². The van der Waals surface area contributed by atoms with Crippen molar-refractivity contribution in [1.29, 1.82) is 0 Å². The summed E-state index contributed by atoms with van der Waals surface area (Å²) in [5.74, 6) is 0.875. The van der Waals surface area contributed by atoms with E-state index in [1.807, 2.05) is 13.1 Å². The molecule has 0 saturated carbocycles. The van der Waals surface area contributed by atoms with Gasteiger partial charge in [0, 0.05) is 30.9 Å². The Bertz CT molecular complexity index is 603. The van der Waals surface area contributed by atoms with Crippen molar-refractivity contribution in [3.05, 3.63) is 34.3 Å². The normalized spacial score (nSPS) is 16.2. The van der Waals surface area contributed by atoms with Gasteiger partial charge in [-0.3, -0.25) is 4.79 Å². The molecule has 3 heterocycles.